The smallest absolute Gasteiger partial charge is 0.336 e. The van der Waals surface area contributed by atoms with Gasteiger partial charge in [-0.2, -0.15) is 4.31 Å². The van der Waals surface area contributed by atoms with Crippen molar-refractivity contribution in [1.82, 2.24) is 4.31 Å². The molecule has 1 N–H and O–H groups in total. The van der Waals surface area contributed by atoms with Gasteiger partial charge in [0, 0.05) is 17.6 Å². The van der Waals surface area contributed by atoms with Gasteiger partial charge in [-0.1, -0.05) is 6.42 Å². The molecule has 0 unspecified atom stereocenters. The molecule has 19 heavy (non-hydrogen) atoms. The van der Waals surface area contributed by atoms with Crippen LogP contribution in [0.1, 0.15) is 29.6 Å². The number of hydrogen-bond donors (Lipinski definition) is 1. The summed E-state index contributed by atoms with van der Waals surface area (Å²) in [5.41, 5.74) is -0.0434. The summed E-state index contributed by atoms with van der Waals surface area (Å²) in [6.45, 7) is 1.00. The molecule has 1 saturated heterocycles. The van der Waals surface area contributed by atoms with Crippen LogP contribution < -0.4 is 0 Å². The summed E-state index contributed by atoms with van der Waals surface area (Å²) in [4.78, 5) is 11.1. The molecule has 7 heteroatoms. The van der Waals surface area contributed by atoms with Crippen LogP contribution >= 0.6 is 15.9 Å². The topological polar surface area (TPSA) is 74.7 Å². The molecule has 0 saturated carbocycles. The molecule has 1 fully saturated rings. The van der Waals surface area contributed by atoms with E-state index in [1.54, 1.807) is 0 Å². The summed E-state index contributed by atoms with van der Waals surface area (Å²) < 4.78 is 26.6. The van der Waals surface area contributed by atoms with Crippen LogP contribution in [0.3, 0.4) is 0 Å². The number of carboxylic acid groups (broad SMARTS) is 1. The van der Waals surface area contributed by atoms with Crippen molar-refractivity contribution in [2.45, 2.75) is 24.2 Å². The molecular weight excluding hydrogens is 334 g/mol. The van der Waals surface area contributed by atoms with E-state index in [0.29, 0.717) is 17.6 Å². The minimum Gasteiger partial charge on any atom is -0.478 e. The first-order valence-electron chi connectivity index (χ1n) is 5.96. The highest BCUT2D eigenvalue weighted by molar-refractivity contribution is 9.10. The average molecular weight is 348 g/mol. The number of hydrogen-bond acceptors (Lipinski definition) is 3. The molecule has 1 aliphatic rings. The van der Waals surface area contributed by atoms with Crippen LogP contribution in [0.25, 0.3) is 0 Å². The van der Waals surface area contributed by atoms with Gasteiger partial charge in [0.05, 0.1) is 10.5 Å². The van der Waals surface area contributed by atoms with Gasteiger partial charge in [-0.3, -0.25) is 0 Å². The van der Waals surface area contributed by atoms with Gasteiger partial charge < -0.3 is 5.11 Å². The number of carbonyl (C=O) groups is 1. The molecule has 0 aromatic heterocycles. The normalized spacial score (nSPS) is 17.3. The summed E-state index contributed by atoms with van der Waals surface area (Å²) >= 11 is 3.10. The standard InChI is InChI=1S/C12H14BrNO4S/c13-11-5-4-9(8-10(11)12(15)16)19(17,18)14-6-2-1-3-7-14/h4-5,8H,1-3,6-7H2,(H,15,16). The third kappa shape index (κ3) is 2.98. The highest BCUT2D eigenvalue weighted by Gasteiger charge is 2.27. The minimum atomic E-state index is -3.59. The van der Waals surface area contributed by atoms with E-state index < -0.39 is 16.0 Å². The maximum Gasteiger partial charge on any atom is 0.336 e. The Morgan fingerprint density at radius 1 is 1.21 bits per heavy atom. The molecule has 0 amide bonds. The van der Waals surface area contributed by atoms with Crippen molar-refractivity contribution in [3.63, 3.8) is 0 Å². The predicted molar refractivity (Wildman–Crippen MR) is 73.7 cm³/mol. The first kappa shape index (κ1) is 14.5. The molecule has 1 aromatic rings. The van der Waals surface area contributed by atoms with Gasteiger partial charge in [-0.25, -0.2) is 13.2 Å². The molecule has 0 atom stereocenters. The van der Waals surface area contributed by atoms with Gasteiger partial charge >= 0.3 is 5.97 Å². The maximum atomic E-state index is 12.4. The molecule has 0 spiro atoms. The van der Waals surface area contributed by atoms with Crippen LogP contribution in [0.4, 0.5) is 0 Å². The lowest BCUT2D eigenvalue weighted by Gasteiger charge is -2.26. The van der Waals surface area contributed by atoms with Crippen molar-refractivity contribution in [2.75, 3.05) is 13.1 Å². The molecule has 104 valence electrons. The SMILES string of the molecule is O=C(O)c1cc(S(=O)(=O)N2CCCCC2)ccc1Br. The van der Waals surface area contributed by atoms with Gasteiger partial charge in [-0.15, -0.1) is 0 Å². The molecule has 1 heterocycles. The summed E-state index contributed by atoms with van der Waals surface area (Å²) in [5.74, 6) is -1.15. The fraction of sp³-hybridized carbons (Fsp3) is 0.417. The summed E-state index contributed by atoms with van der Waals surface area (Å²) in [6, 6.07) is 4.09. The Morgan fingerprint density at radius 3 is 2.42 bits per heavy atom. The number of sulfonamides is 1. The van der Waals surface area contributed by atoms with Crippen LogP contribution in [0, 0.1) is 0 Å². The number of halogens is 1. The van der Waals surface area contributed by atoms with E-state index in [9.17, 15) is 13.2 Å². The van der Waals surface area contributed by atoms with Crippen LogP contribution in [0.2, 0.25) is 0 Å². The molecule has 0 radical (unpaired) electrons. The van der Waals surface area contributed by atoms with E-state index in [2.05, 4.69) is 15.9 Å². The van der Waals surface area contributed by atoms with E-state index >= 15 is 0 Å². The van der Waals surface area contributed by atoms with Gasteiger partial charge in [0.1, 0.15) is 0 Å². The zero-order valence-electron chi connectivity index (χ0n) is 10.2. The van der Waals surface area contributed by atoms with Crippen molar-refractivity contribution >= 4 is 31.9 Å². The van der Waals surface area contributed by atoms with Crippen LogP contribution in [-0.2, 0) is 10.0 Å². The monoisotopic (exact) mass is 347 g/mol. The van der Waals surface area contributed by atoms with Crippen molar-refractivity contribution < 1.29 is 18.3 Å². The average Bonchev–Trinajstić information content (AvgIpc) is 2.39. The van der Waals surface area contributed by atoms with E-state index in [4.69, 9.17) is 5.11 Å². The highest BCUT2D eigenvalue weighted by Crippen LogP contribution is 2.25. The van der Waals surface area contributed by atoms with Crippen LogP contribution in [0.5, 0.6) is 0 Å². The Hall–Kier alpha value is -0.920. The minimum absolute atomic E-state index is 0.0370. The van der Waals surface area contributed by atoms with Gasteiger partial charge in [0.2, 0.25) is 10.0 Å². The number of piperidine rings is 1. The number of nitrogens with zero attached hydrogens (tertiary/aromatic N) is 1. The largest absolute Gasteiger partial charge is 0.478 e. The second-order valence-electron chi connectivity index (χ2n) is 4.41. The first-order chi connectivity index (χ1) is 8.93. The Bertz CT molecular complexity index is 594. The summed E-state index contributed by atoms with van der Waals surface area (Å²) in [5, 5.41) is 9.03. The lowest BCUT2D eigenvalue weighted by atomic mass is 10.2. The molecule has 5 nitrogen and oxygen atoms in total. The third-order valence-corrected chi connectivity index (χ3v) is 5.71. The molecule has 2 rings (SSSR count). The Labute approximate surface area is 120 Å². The Kier molecular flexibility index (Phi) is 4.27. The molecular formula is C12H14BrNO4S. The summed E-state index contributed by atoms with van der Waals surface area (Å²) in [6.07, 6.45) is 2.73. The lowest BCUT2D eigenvalue weighted by molar-refractivity contribution is 0.0695. The van der Waals surface area contributed by atoms with Gasteiger partial charge in [0.15, 0.2) is 0 Å². The fourth-order valence-corrected chi connectivity index (χ4v) is 4.04. The quantitative estimate of drug-likeness (QED) is 0.910. The molecule has 0 aliphatic carbocycles. The lowest BCUT2D eigenvalue weighted by Crippen LogP contribution is -2.35. The van der Waals surface area contributed by atoms with Crippen LogP contribution in [0.15, 0.2) is 27.6 Å². The first-order valence-corrected chi connectivity index (χ1v) is 8.19. The molecule has 1 aromatic carbocycles. The number of aromatic carboxylic acids is 1. The van der Waals surface area contributed by atoms with Crippen molar-refractivity contribution in [1.29, 1.82) is 0 Å². The molecule has 1 aliphatic heterocycles. The second-order valence-corrected chi connectivity index (χ2v) is 7.20. The van der Waals surface area contributed by atoms with E-state index in [0.717, 1.165) is 19.3 Å². The van der Waals surface area contributed by atoms with Gasteiger partial charge in [0.25, 0.3) is 0 Å². The zero-order chi connectivity index (χ0) is 14.0. The zero-order valence-corrected chi connectivity index (χ0v) is 12.6. The Balaban J connectivity index is 2.40. The maximum absolute atomic E-state index is 12.4. The van der Waals surface area contributed by atoms with Crippen molar-refractivity contribution in [3.8, 4) is 0 Å². The number of carboxylic acids is 1. The number of rotatable bonds is 3. The van der Waals surface area contributed by atoms with Gasteiger partial charge in [-0.05, 0) is 47.0 Å². The van der Waals surface area contributed by atoms with Crippen molar-refractivity contribution in [3.05, 3.63) is 28.2 Å². The van der Waals surface area contributed by atoms with E-state index in [-0.39, 0.29) is 10.5 Å². The highest BCUT2D eigenvalue weighted by atomic mass is 79.9. The second kappa shape index (κ2) is 5.60. The third-order valence-electron chi connectivity index (χ3n) is 3.12. The number of benzene rings is 1. The van der Waals surface area contributed by atoms with Crippen molar-refractivity contribution in [2.24, 2.45) is 0 Å². The fourth-order valence-electron chi connectivity index (χ4n) is 2.08. The van der Waals surface area contributed by atoms with Crippen LogP contribution in [-0.4, -0.2) is 36.9 Å². The Morgan fingerprint density at radius 2 is 1.84 bits per heavy atom. The summed E-state index contributed by atoms with van der Waals surface area (Å²) in [7, 11) is -3.59. The molecule has 0 bridgehead atoms. The predicted octanol–water partition coefficient (Wildman–Crippen LogP) is 2.32. The van der Waals surface area contributed by atoms with E-state index in [1.165, 1.54) is 22.5 Å². The van der Waals surface area contributed by atoms with E-state index in [1.807, 2.05) is 0 Å².